The summed E-state index contributed by atoms with van der Waals surface area (Å²) in [6.45, 7) is 2.03. The van der Waals surface area contributed by atoms with Crippen LogP contribution in [0.4, 0.5) is 0 Å². The molecule has 3 rings (SSSR count). The van der Waals surface area contributed by atoms with Crippen LogP contribution in [-0.4, -0.2) is 25.2 Å². The third-order valence-corrected chi connectivity index (χ3v) is 8.84. The number of benzene rings is 1. The van der Waals surface area contributed by atoms with Crippen LogP contribution in [0.15, 0.2) is 36.4 Å². The third-order valence-electron chi connectivity index (χ3n) is 4.87. The van der Waals surface area contributed by atoms with Gasteiger partial charge in [0.05, 0.1) is 12.2 Å². The highest BCUT2D eigenvalue weighted by Gasteiger charge is 2.49. The fourth-order valence-corrected chi connectivity index (χ4v) is 7.08. The van der Waals surface area contributed by atoms with Crippen molar-refractivity contribution in [1.82, 2.24) is 0 Å². The molecule has 0 unspecified atom stereocenters. The first-order chi connectivity index (χ1) is 12.3. The molecular weight excluding hydrogens is 368 g/mol. The van der Waals surface area contributed by atoms with Gasteiger partial charge in [-0.05, 0) is 43.5 Å². The van der Waals surface area contributed by atoms with Crippen LogP contribution in [-0.2, 0) is 19.4 Å². The van der Waals surface area contributed by atoms with Crippen LogP contribution in [0.25, 0.3) is 12.2 Å². The van der Waals surface area contributed by atoms with Crippen molar-refractivity contribution >= 4 is 39.3 Å². The Labute approximate surface area is 158 Å². The van der Waals surface area contributed by atoms with E-state index in [1.54, 1.807) is 6.07 Å². The summed E-state index contributed by atoms with van der Waals surface area (Å²) in [7, 11) is -3.49. The van der Waals surface area contributed by atoms with Gasteiger partial charge in [-0.1, -0.05) is 42.3 Å². The summed E-state index contributed by atoms with van der Waals surface area (Å²) in [5, 5.41) is 9.33. The lowest BCUT2D eigenvalue weighted by atomic mass is 9.95. The van der Waals surface area contributed by atoms with Gasteiger partial charge in [-0.3, -0.25) is 4.79 Å². The van der Waals surface area contributed by atoms with E-state index >= 15 is 0 Å². The van der Waals surface area contributed by atoms with E-state index in [0.717, 1.165) is 16.9 Å². The summed E-state index contributed by atoms with van der Waals surface area (Å²) in [5.74, 6) is -1.01. The van der Waals surface area contributed by atoms with Crippen molar-refractivity contribution in [2.45, 2.75) is 37.4 Å². The van der Waals surface area contributed by atoms with E-state index in [0.29, 0.717) is 17.7 Å². The normalized spacial score (nSPS) is 22.5. The average molecular weight is 391 g/mol. The third kappa shape index (κ3) is 3.76. The first-order valence-electron chi connectivity index (χ1n) is 8.62. The van der Waals surface area contributed by atoms with E-state index in [4.69, 9.17) is 0 Å². The molecule has 6 heteroatoms. The van der Waals surface area contributed by atoms with Gasteiger partial charge in [-0.25, -0.2) is 8.42 Å². The fourth-order valence-electron chi connectivity index (χ4n) is 3.40. The molecule has 1 saturated heterocycles. The molecule has 0 saturated carbocycles. The minimum atomic E-state index is -3.49. The lowest BCUT2D eigenvalue weighted by molar-refractivity contribution is -0.137. The largest absolute Gasteiger partial charge is 0.481 e. The summed E-state index contributed by atoms with van der Waals surface area (Å²) >= 11 is 1.38. The first-order valence-corrected chi connectivity index (χ1v) is 11.1. The quantitative estimate of drug-likeness (QED) is 0.816. The Kier molecular flexibility index (Phi) is 5.34. The lowest BCUT2D eigenvalue weighted by Crippen LogP contribution is -2.41. The van der Waals surface area contributed by atoms with Gasteiger partial charge in [0.15, 0.2) is 9.84 Å². The van der Waals surface area contributed by atoms with Gasteiger partial charge in [0.1, 0.15) is 4.75 Å². The van der Waals surface area contributed by atoms with E-state index in [9.17, 15) is 18.3 Å². The lowest BCUT2D eigenvalue weighted by Gasteiger charge is -2.34. The topological polar surface area (TPSA) is 71.4 Å². The van der Waals surface area contributed by atoms with Crippen molar-refractivity contribution in [2.75, 3.05) is 5.75 Å². The molecule has 0 bridgehead atoms. The minimum Gasteiger partial charge on any atom is -0.481 e. The molecule has 4 nitrogen and oxygen atoms in total. The number of hydrogen-bond donors (Lipinski definition) is 1. The van der Waals surface area contributed by atoms with Crippen LogP contribution in [0, 0.1) is 6.92 Å². The van der Waals surface area contributed by atoms with Crippen LogP contribution in [0.3, 0.4) is 0 Å². The smallest absolute Gasteiger partial charge is 0.305 e. The molecule has 0 aliphatic carbocycles. The SMILES string of the molecule is Cc1ccc(/C=C/c2ccc([C@@]3(CC(=O)O)CCCCS3(=O)=O)s2)cc1. The highest BCUT2D eigenvalue weighted by Crippen LogP contribution is 2.46. The Morgan fingerprint density at radius 1 is 1.15 bits per heavy atom. The molecule has 1 fully saturated rings. The number of aryl methyl sites for hydroxylation is 1. The van der Waals surface area contributed by atoms with Crippen molar-refractivity contribution in [2.24, 2.45) is 0 Å². The Bertz CT molecular complexity index is 923. The van der Waals surface area contributed by atoms with Crippen molar-refractivity contribution in [1.29, 1.82) is 0 Å². The number of aliphatic carboxylic acids is 1. The number of carbonyl (C=O) groups is 1. The Morgan fingerprint density at radius 2 is 1.88 bits per heavy atom. The van der Waals surface area contributed by atoms with Gasteiger partial charge in [-0.2, -0.15) is 0 Å². The van der Waals surface area contributed by atoms with Crippen LogP contribution < -0.4 is 0 Å². The van der Waals surface area contributed by atoms with Crippen LogP contribution in [0.2, 0.25) is 0 Å². The predicted molar refractivity (Wildman–Crippen MR) is 106 cm³/mol. The maximum atomic E-state index is 12.8. The molecule has 1 aliphatic rings. The minimum absolute atomic E-state index is 0.0622. The highest BCUT2D eigenvalue weighted by atomic mass is 32.2. The molecule has 1 atom stereocenters. The molecular formula is C20H22O4S2. The van der Waals surface area contributed by atoms with Crippen molar-refractivity contribution < 1.29 is 18.3 Å². The zero-order valence-electron chi connectivity index (χ0n) is 14.6. The average Bonchev–Trinajstić information content (AvgIpc) is 3.05. The molecule has 1 aliphatic heterocycles. The number of rotatable bonds is 5. The van der Waals surface area contributed by atoms with Gasteiger partial charge in [-0.15, -0.1) is 11.3 Å². The molecule has 0 radical (unpaired) electrons. The van der Waals surface area contributed by atoms with Gasteiger partial charge < -0.3 is 5.11 Å². The number of carboxylic acid groups (broad SMARTS) is 1. The Balaban J connectivity index is 1.92. The molecule has 26 heavy (non-hydrogen) atoms. The molecule has 0 amide bonds. The second-order valence-corrected chi connectivity index (χ2v) is 10.3. The molecule has 1 N–H and O–H groups in total. The molecule has 2 aromatic rings. The van der Waals surface area contributed by atoms with Gasteiger partial charge >= 0.3 is 5.97 Å². The summed E-state index contributed by atoms with van der Waals surface area (Å²) < 4.78 is 24.3. The molecule has 0 spiro atoms. The van der Waals surface area contributed by atoms with Crippen LogP contribution in [0.5, 0.6) is 0 Å². The number of hydrogen-bond acceptors (Lipinski definition) is 4. The van der Waals surface area contributed by atoms with Crippen LogP contribution >= 0.6 is 11.3 Å². The van der Waals surface area contributed by atoms with Crippen molar-refractivity contribution in [3.8, 4) is 0 Å². The van der Waals surface area contributed by atoms with E-state index in [1.807, 2.05) is 49.4 Å². The van der Waals surface area contributed by atoms with E-state index in [2.05, 4.69) is 0 Å². The van der Waals surface area contributed by atoms with Gasteiger partial charge in [0, 0.05) is 9.75 Å². The predicted octanol–water partition coefficient (Wildman–Crippen LogP) is 4.50. The molecule has 2 heterocycles. The molecule has 1 aromatic carbocycles. The number of sulfone groups is 1. The Morgan fingerprint density at radius 3 is 2.54 bits per heavy atom. The second kappa shape index (κ2) is 7.37. The van der Waals surface area contributed by atoms with E-state index in [1.165, 1.54) is 16.9 Å². The monoisotopic (exact) mass is 390 g/mol. The number of thiophene rings is 1. The fraction of sp³-hybridized carbons (Fsp3) is 0.350. The van der Waals surface area contributed by atoms with Gasteiger partial charge in [0.25, 0.3) is 0 Å². The zero-order valence-corrected chi connectivity index (χ0v) is 16.3. The van der Waals surface area contributed by atoms with Crippen molar-refractivity contribution in [3.63, 3.8) is 0 Å². The summed E-state index contributed by atoms with van der Waals surface area (Å²) in [5.41, 5.74) is 2.26. The summed E-state index contributed by atoms with van der Waals surface area (Å²) in [6.07, 6.45) is 5.28. The first kappa shape index (κ1) is 18.9. The Hall–Kier alpha value is -1.92. The van der Waals surface area contributed by atoms with E-state index < -0.39 is 20.6 Å². The van der Waals surface area contributed by atoms with E-state index in [-0.39, 0.29) is 12.2 Å². The maximum Gasteiger partial charge on any atom is 0.305 e. The highest BCUT2D eigenvalue weighted by molar-refractivity contribution is 7.92. The number of carboxylic acids is 1. The standard InChI is InChI=1S/C20H22O4S2/c1-15-4-6-16(7-5-15)8-9-17-10-11-18(25-17)20(14-19(21)22)12-2-3-13-26(20,23)24/h4-11H,2-3,12-14H2,1H3,(H,21,22)/b9-8+/t20-/m0/s1. The maximum absolute atomic E-state index is 12.8. The van der Waals surface area contributed by atoms with Crippen LogP contribution in [0.1, 0.15) is 46.6 Å². The zero-order chi connectivity index (χ0) is 18.8. The van der Waals surface area contributed by atoms with Crippen molar-refractivity contribution in [3.05, 3.63) is 57.3 Å². The second-order valence-electron chi connectivity index (χ2n) is 6.79. The summed E-state index contributed by atoms with van der Waals surface area (Å²) in [4.78, 5) is 13.0. The van der Waals surface area contributed by atoms with Gasteiger partial charge in [0.2, 0.25) is 0 Å². The molecule has 138 valence electrons. The summed E-state index contributed by atoms with van der Waals surface area (Å²) in [6, 6.07) is 11.8. The molecule has 1 aromatic heterocycles.